The fourth-order valence-corrected chi connectivity index (χ4v) is 2.07. The number of aromatic nitrogens is 3. The van der Waals surface area contributed by atoms with Crippen molar-refractivity contribution in [2.45, 2.75) is 12.5 Å². The molecule has 0 spiro atoms. The minimum atomic E-state index is -1.69. The lowest BCUT2D eigenvalue weighted by Crippen LogP contribution is -2.35. The molecule has 1 aromatic carbocycles. The molecule has 1 atom stereocenters. The summed E-state index contributed by atoms with van der Waals surface area (Å²) in [5.41, 5.74) is -0.524. The maximum absolute atomic E-state index is 13.6. The molecular formula is C12H8F3N5O2. The van der Waals surface area contributed by atoms with Crippen LogP contribution in [0.3, 0.4) is 0 Å². The first-order chi connectivity index (χ1) is 10.5. The number of carbonyl (C=O) groups excluding carboxylic acids is 2. The highest BCUT2D eigenvalue weighted by atomic mass is 19.2. The first-order valence-electron chi connectivity index (χ1n) is 6.11. The van der Waals surface area contributed by atoms with Crippen molar-refractivity contribution < 1.29 is 22.8 Å². The zero-order valence-corrected chi connectivity index (χ0v) is 10.8. The van der Waals surface area contributed by atoms with Gasteiger partial charge in [0.1, 0.15) is 12.4 Å². The van der Waals surface area contributed by atoms with Crippen LogP contribution in [0.15, 0.2) is 18.5 Å². The SMILES string of the molecule is O=C1C[C@@H](C(=O)Nc2ccc(F)c(F)c2F)n2cnnc2N1. The molecule has 2 aromatic rings. The second-order valence-electron chi connectivity index (χ2n) is 4.54. The third-order valence-electron chi connectivity index (χ3n) is 3.13. The average Bonchev–Trinajstić information content (AvgIpc) is 2.95. The minimum absolute atomic E-state index is 0.0714. The lowest BCUT2D eigenvalue weighted by Gasteiger charge is -2.23. The molecule has 0 saturated heterocycles. The smallest absolute Gasteiger partial charge is 0.248 e. The standard InChI is InChI=1S/C12H8F3N5O2/c13-5-1-2-6(10(15)9(5)14)17-11(22)7-3-8(21)18-12-19-16-4-20(7)12/h1-2,4,7H,3H2,(H,17,22)(H,18,19,21)/t7-/m0/s1. The van der Waals surface area contributed by atoms with Crippen molar-refractivity contribution in [2.75, 3.05) is 10.6 Å². The number of benzene rings is 1. The molecule has 10 heteroatoms. The molecule has 0 aliphatic carbocycles. The summed E-state index contributed by atoms with van der Waals surface area (Å²) < 4.78 is 40.9. The van der Waals surface area contributed by atoms with Gasteiger partial charge in [-0.15, -0.1) is 10.2 Å². The molecule has 0 bridgehead atoms. The Bertz CT molecular complexity index is 776. The molecule has 3 rings (SSSR count). The molecule has 1 aliphatic rings. The van der Waals surface area contributed by atoms with Gasteiger partial charge in [0.25, 0.3) is 0 Å². The molecule has 0 fully saturated rings. The predicted molar refractivity (Wildman–Crippen MR) is 67.3 cm³/mol. The Morgan fingerprint density at radius 1 is 1.32 bits per heavy atom. The van der Waals surface area contributed by atoms with E-state index >= 15 is 0 Å². The van der Waals surface area contributed by atoms with Gasteiger partial charge in [0.15, 0.2) is 17.5 Å². The number of fused-ring (bicyclic) bond motifs is 1. The van der Waals surface area contributed by atoms with E-state index in [4.69, 9.17) is 0 Å². The fourth-order valence-electron chi connectivity index (χ4n) is 2.07. The first kappa shape index (κ1) is 14.0. The van der Waals surface area contributed by atoms with E-state index in [1.165, 1.54) is 10.9 Å². The van der Waals surface area contributed by atoms with E-state index in [-0.39, 0.29) is 12.4 Å². The van der Waals surface area contributed by atoms with Crippen LogP contribution in [0.1, 0.15) is 12.5 Å². The van der Waals surface area contributed by atoms with Crippen LogP contribution in [0.2, 0.25) is 0 Å². The van der Waals surface area contributed by atoms with Crippen molar-refractivity contribution in [3.63, 3.8) is 0 Å². The maximum Gasteiger partial charge on any atom is 0.248 e. The highest BCUT2D eigenvalue weighted by Gasteiger charge is 2.31. The van der Waals surface area contributed by atoms with Gasteiger partial charge in [-0.3, -0.25) is 19.5 Å². The predicted octanol–water partition coefficient (Wildman–Crippen LogP) is 1.22. The van der Waals surface area contributed by atoms with Gasteiger partial charge in [0.05, 0.1) is 12.1 Å². The van der Waals surface area contributed by atoms with Crippen molar-refractivity contribution in [3.8, 4) is 0 Å². The molecule has 22 heavy (non-hydrogen) atoms. The number of halogens is 3. The Labute approximate surface area is 121 Å². The van der Waals surface area contributed by atoms with Crippen molar-refractivity contribution in [2.24, 2.45) is 0 Å². The molecule has 2 N–H and O–H groups in total. The molecule has 0 unspecified atom stereocenters. The molecule has 0 radical (unpaired) electrons. The molecule has 2 heterocycles. The van der Waals surface area contributed by atoms with Crippen LogP contribution >= 0.6 is 0 Å². The average molecular weight is 311 g/mol. The van der Waals surface area contributed by atoms with Crippen molar-refractivity contribution >= 4 is 23.5 Å². The molecule has 1 aliphatic heterocycles. The van der Waals surface area contributed by atoms with Gasteiger partial charge < -0.3 is 5.32 Å². The second kappa shape index (κ2) is 5.13. The van der Waals surface area contributed by atoms with Crippen LogP contribution in [0.4, 0.5) is 24.8 Å². The van der Waals surface area contributed by atoms with Crippen LogP contribution in [-0.4, -0.2) is 26.6 Å². The van der Waals surface area contributed by atoms with E-state index in [9.17, 15) is 22.8 Å². The Morgan fingerprint density at radius 2 is 2.09 bits per heavy atom. The lowest BCUT2D eigenvalue weighted by molar-refractivity contribution is -0.125. The van der Waals surface area contributed by atoms with Crippen LogP contribution < -0.4 is 10.6 Å². The number of amides is 2. The van der Waals surface area contributed by atoms with E-state index < -0.39 is 41.0 Å². The summed E-state index contributed by atoms with van der Waals surface area (Å²) in [5, 5.41) is 11.7. The third-order valence-corrected chi connectivity index (χ3v) is 3.13. The Hall–Kier alpha value is -2.91. The number of anilines is 2. The number of nitrogens with one attached hydrogen (secondary N) is 2. The number of nitrogens with zero attached hydrogens (tertiary/aromatic N) is 3. The van der Waals surface area contributed by atoms with E-state index in [1.807, 2.05) is 0 Å². The van der Waals surface area contributed by atoms with Gasteiger partial charge in [-0.2, -0.15) is 0 Å². The lowest BCUT2D eigenvalue weighted by atomic mass is 10.1. The van der Waals surface area contributed by atoms with Crippen molar-refractivity contribution in [3.05, 3.63) is 35.9 Å². The monoisotopic (exact) mass is 311 g/mol. The summed E-state index contributed by atoms with van der Waals surface area (Å²) in [6.07, 6.45) is 1.00. The van der Waals surface area contributed by atoms with Gasteiger partial charge in [0, 0.05) is 0 Å². The molecule has 114 valence electrons. The van der Waals surface area contributed by atoms with Crippen molar-refractivity contribution in [1.29, 1.82) is 0 Å². The summed E-state index contributed by atoms with van der Waals surface area (Å²) in [7, 11) is 0. The van der Waals surface area contributed by atoms with Crippen LogP contribution in [-0.2, 0) is 9.59 Å². The summed E-state index contributed by atoms with van der Waals surface area (Å²) in [5.74, 6) is -5.75. The Balaban J connectivity index is 1.87. The van der Waals surface area contributed by atoms with E-state index in [0.29, 0.717) is 6.07 Å². The Morgan fingerprint density at radius 3 is 2.86 bits per heavy atom. The molecule has 7 nitrogen and oxygen atoms in total. The highest BCUT2D eigenvalue weighted by Crippen LogP contribution is 2.25. The maximum atomic E-state index is 13.6. The minimum Gasteiger partial charge on any atom is -0.322 e. The number of hydrogen-bond donors (Lipinski definition) is 2. The summed E-state index contributed by atoms with van der Waals surface area (Å²) in [6, 6.07) is 0.555. The highest BCUT2D eigenvalue weighted by molar-refractivity contribution is 6.00. The van der Waals surface area contributed by atoms with Crippen molar-refractivity contribution in [1.82, 2.24) is 14.8 Å². The third kappa shape index (κ3) is 2.28. The van der Waals surface area contributed by atoms with Crippen LogP contribution in [0.5, 0.6) is 0 Å². The quantitative estimate of drug-likeness (QED) is 0.816. The van der Waals surface area contributed by atoms with Gasteiger partial charge in [0.2, 0.25) is 17.8 Å². The topological polar surface area (TPSA) is 88.9 Å². The zero-order chi connectivity index (χ0) is 15.9. The number of hydrogen-bond acceptors (Lipinski definition) is 4. The Kier molecular flexibility index (Phi) is 3.28. The van der Waals surface area contributed by atoms with E-state index in [0.717, 1.165) is 6.07 Å². The van der Waals surface area contributed by atoms with Crippen LogP contribution in [0.25, 0.3) is 0 Å². The molecule has 0 saturated carbocycles. The summed E-state index contributed by atoms with van der Waals surface area (Å²) in [6.45, 7) is 0. The number of carbonyl (C=O) groups is 2. The second-order valence-corrected chi connectivity index (χ2v) is 4.54. The summed E-state index contributed by atoms with van der Waals surface area (Å²) in [4.78, 5) is 23.7. The van der Waals surface area contributed by atoms with Crippen LogP contribution in [0, 0.1) is 17.5 Å². The normalized spacial score (nSPS) is 16.9. The first-order valence-corrected chi connectivity index (χ1v) is 6.11. The van der Waals surface area contributed by atoms with Gasteiger partial charge in [-0.25, -0.2) is 13.2 Å². The number of rotatable bonds is 2. The molecular weight excluding hydrogens is 303 g/mol. The van der Waals surface area contributed by atoms with Gasteiger partial charge in [-0.05, 0) is 12.1 Å². The van der Waals surface area contributed by atoms with E-state index in [1.54, 1.807) is 0 Å². The largest absolute Gasteiger partial charge is 0.322 e. The zero-order valence-electron chi connectivity index (χ0n) is 10.8. The molecule has 2 amide bonds. The van der Waals surface area contributed by atoms with Gasteiger partial charge in [-0.1, -0.05) is 0 Å². The summed E-state index contributed by atoms with van der Waals surface area (Å²) >= 11 is 0. The fraction of sp³-hybridized carbons (Fsp3) is 0.167. The molecule has 1 aromatic heterocycles. The van der Waals surface area contributed by atoms with Gasteiger partial charge >= 0.3 is 0 Å². The van der Waals surface area contributed by atoms with E-state index in [2.05, 4.69) is 20.8 Å².